The van der Waals surface area contributed by atoms with Gasteiger partial charge in [-0.1, -0.05) is 0 Å². The van der Waals surface area contributed by atoms with Crippen molar-refractivity contribution in [1.29, 1.82) is 0 Å². The van der Waals surface area contributed by atoms with E-state index in [-0.39, 0.29) is 12.1 Å². The van der Waals surface area contributed by atoms with E-state index in [4.69, 9.17) is 16.3 Å². The highest BCUT2D eigenvalue weighted by molar-refractivity contribution is 6.31. The number of ether oxygens (including phenoxy) is 1. The van der Waals surface area contributed by atoms with Gasteiger partial charge in [0.25, 0.3) is 0 Å². The van der Waals surface area contributed by atoms with Gasteiger partial charge in [0.05, 0.1) is 6.61 Å². The summed E-state index contributed by atoms with van der Waals surface area (Å²) in [5.41, 5.74) is 0. The van der Waals surface area contributed by atoms with Gasteiger partial charge in [0.15, 0.2) is 0 Å². The van der Waals surface area contributed by atoms with Gasteiger partial charge in [-0.05, 0) is 19.8 Å². The van der Waals surface area contributed by atoms with Crippen LogP contribution in [0.2, 0.25) is 0 Å². The Morgan fingerprint density at radius 3 is 2.62 bits per heavy atom. The Labute approximate surface area is 100 Å². The number of carbonyl (C=O) groups is 2. The largest absolute Gasteiger partial charge is 0.383 e. The van der Waals surface area contributed by atoms with Crippen LogP contribution in [-0.2, 0) is 9.53 Å². The van der Waals surface area contributed by atoms with Crippen LogP contribution in [0.3, 0.4) is 0 Å². The summed E-state index contributed by atoms with van der Waals surface area (Å²) in [5, 5.41) is 1.57. The molecule has 5 nitrogen and oxygen atoms in total. The van der Waals surface area contributed by atoms with Crippen molar-refractivity contribution in [2.45, 2.75) is 31.2 Å². The fourth-order valence-electron chi connectivity index (χ4n) is 1.30. The third-order valence-corrected chi connectivity index (χ3v) is 2.57. The second-order valence-corrected chi connectivity index (χ2v) is 4.48. The molecule has 0 radical (unpaired) electrons. The molecule has 1 fully saturated rings. The number of hydrogen-bond donors (Lipinski definition) is 1. The van der Waals surface area contributed by atoms with E-state index in [1.165, 1.54) is 6.92 Å². The number of hydrogen-bond acceptors (Lipinski definition) is 3. The number of carbonyl (C=O) groups excluding carboxylic acids is 2. The Hall–Kier alpha value is -0.810. The maximum absolute atomic E-state index is 11.7. The molecule has 0 aromatic rings. The Bertz CT molecular complexity index is 267. The topological polar surface area (TPSA) is 58.6 Å². The van der Waals surface area contributed by atoms with Crippen LogP contribution < -0.4 is 5.32 Å². The minimum atomic E-state index is -0.701. The zero-order valence-electron chi connectivity index (χ0n) is 9.53. The lowest BCUT2D eigenvalue weighted by molar-refractivity contribution is -0.119. The van der Waals surface area contributed by atoms with Crippen LogP contribution in [0.4, 0.5) is 4.79 Å². The molecule has 0 saturated heterocycles. The van der Waals surface area contributed by atoms with Crippen molar-refractivity contribution in [1.82, 2.24) is 10.2 Å². The highest BCUT2D eigenvalue weighted by atomic mass is 35.5. The van der Waals surface area contributed by atoms with E-state index in [2.05, 4.69) is 5.32 Å². The molecule has 0 heterocycles. The van der Waals surface area contributed by atoms with E-state index >= 15 is 0 Å². The van der Waals surface area contributed by atoms with Crippen LogP contribution in [0.15, 0.2) is 0 Å². The fourth-order valence-corrected chi connectivity index (χ4v) is 1.36. The maximum Gasteiger partial charge on any atom is 0.324 e. The molecule has 1 unspecified atom stereocenters. The molecular formula is C10H17ClN2O3. The van der Waals surface area contributed by atoms with Crippen LogP contribution in [0.1, 0.15) is 19.8 Å². The number of imide groups is 1. The third-order valence-electron chi connectivity index (χ3n) is 2.38. The minimum absolute atomic E-state index is 0.244. The molecule has 1 N–H and O–H groups in total. The van der Waals surface area contributed by atoms with Crippen molar-refractivity contribution in [3.63, 3.8) is 0 Å². The van der Waals surface area contributed by atoms with Crippen LogP contribution in [-0.4, -0.2) is 48.5 Å². The van der Waals surface area contributed by atoms with Gasteiger partial charge in [0, 0.05) is 19.7 Å². The van der Waals surface area contributed by atoms with Crippen LogP contribution in [0.25, 0.3) is 0 Å². The Morgan fingerprint density at radius 1 is 1.56 bits per heavy atom. The summed E-state index contributed by atoms with van der Waals surface area (Å²) in [6.45, 7) is 2.49. The van der Waals surface area contributed by atoms with Gasteiger partial charge >= 0.3 is 6.03 Å². The summed E-state index contributed by atoms with van der Waals surface area (Å²) >= 11 is 5.57. The van der Waals surface area contributed by atoms with E-state index in [9.17, 15) is 9.59 Å². The van der Waals surface area contributed by atoms with Gasteiger partial charge in [-0.25, -0.2) is 4.79 Å². The van der Waals surface area contributed by atoms with Crippen molar-refractivity contribution in [3.8, 4) is 0 Å². The maximum atomic E-state index is 11.7. The van der Waals surface area contributed by atoms with Gasteiger partial charge < -0.3 is 9.64 Å². The molecule has 1 aliphatic rings. The molecule has 1 aliphatic carbocycles. The van der Waals surface area contributed by atoms with Gasteiger partial charge in [0.1, 0.15) is 5.38 Å². The summed E-state index contributed by atoms with van der Waals surface area (Å²) in [6.07, 6.45) is 1.98. The molecule has 6 heteroatoms. The van der Waals surface area contributed by atoms with Gasteiger partial charge in [0.2, 0.25) is 5.91 Å². The molecule has 1 saturated carbocycles. The van der Waals surface area contributed by atoms with E-state index < -0.39 is 11.3 Å². The van der Waals surface area contributed by atoms with E-state index in [0.29, 0.717) is 13.2 Å². The predicted molar refractivity (Wildman–Crippen MR) is 60.5 cm³/mol. The first kappa shape index (κ1) is 13.3. The Morgan fingerprint density at radius 2 is 2.19 bits per heavy atom. The zero-order chi connectivity index (χ0) is 12.1. The van der Waals surface area contributed by atoms with Crippen LogP contribution in [0, 0.1) is 0 Å². The van der Waals surface area contributed by atoms with Crippen molar-refractivity contribution < 1.29 is 14.3 Å². The molecule has 0 aromatic heterocycles. The van der Waals surface area contributed by atoms with Gasteiger partial charge in [-0.3, -0.25) is 10.1 Å². The van der Waals surface area contributed by atoms with E-state index in [1.807, 2.05) is 0 Å². The molecule has 0 spiro atoms. The number of amides is 3. The van der Waals surface area contributed by atoms with Crippen molar-refractivity contribution in [2.75, 3.05) is 20.3 Å². The Kier molecular flexibility index (Phi) is 5.02. The normalized spacial score (nSPS) is 16.7. The molecular weight excluding hydrogens is 232 g/mol. The van der Waals surface area contributed by atoms with Crippen molar-refractivity contribution in [2.24, 2.45) is 0 Å². The van der Waals surface area contributed by atoms with Crippen LogP contribution in [0.5, 0.6) is 0 Å². The van der Waals surface area contributed by atoms with E-state index in [1.54, 1.807) is 12.0 Å². The SMILES string of the molecule is COCCN(C(=O)NC(=O)C(C)Cl)C1CC1. The monoisotopic (exact) mass is 248 g/mol. The zero-order valence-corrected chi connectivity index (χ0v) is 10.3. The Balaban J connectivity index is 2.44. The average molecular weight is 249 g/mol. The lowest BCUT2D eigenvalue weighted by atomic mass is 10.4. The lowest BCUT2D eigenvalue weighted by Crippen LogP contribution is -2.47. The standard InChI is InChI=1S/C10H17ClN2O3/c1-7(11)9(14)12-10(15)13(5-6-16-2)8-3-4-8/h7-8H,3-6H2,1-2H3,(H,12,14,15). The molecule has 3 amide bonds. The van der Waals surface area contributed by atoms with Crippen molar-refractivity contribution >= 4 is 23.5 Å². The highest BCUT2D eigenvalue weighted by Crippen LogP contribution is 2.26. The second-order valence-electron chi connectivity index (χ2n) is 3.83. The summed E-state index contributed by atoms with van der Waals surface area (Å²) in [6, 6.07) is -0.134. The summed E-state index contributed by atoms with van der Waals surface area (Å²) in [5.74, 6) is -0.463. The first-order valence-electron chi connectivity index (χ1n) is 5.30. The van der Waals surface area contributed by atoms with Crippen LogP contribution >= 0.6 is 11.6 Å². The molecule has 0 aromatic carbocycles. The van der Waals surface area contributed by atoms with Gasteiger partial charge in [-0.2, -0.15) is 0 Å². The molecule has 1 rings (SSSR count). The number of nitrogens with zero attached hydrogens (tertiary/aromatic N) is 1. The number of methoxy groups -OCH3 is 1. The average Bonchev–Trinajstić information content (AvgIpc) is 3.02. The number of nitrogens with one attached hydrogen (secondary N) is 1. The number of rotatable bonds is 5. The molecule has 0 bridgehead atoms. The highest BCUT2D eigenvalue weighted by Gasteiger charge is 2.33. The molecule has 16 heavy (non-hydrogen) atoms. The summed E-state index contributed by atoms with van der Waals surface area (Å²) in [7, 11) is 1.58. The first-order chi connectivity index (χ1) is 7.56. The molecule has 92 valence electrons. The quantitative estimate of drug-likeness (QED) is 0.738. The smallest absolute Gasteiger partial charge is 0.324 e. The second kappa shape index (κ2) is 6.06. The van der Waals surface area contributed by atoms with Crippen molar-refractivity contribution in [3.05, 3.63) is 0 Å². The number of alkyl halides is 1. The molecule has 1 atom stereocenters. The third kappa shape index (κ3) is 3.98. The molecule has 0 aliphatic heterocycles. The summed E-state index contributed by atoms with van der Waals surface area (Å²) < 4.78 is 4.92. The number of urea groups is 1. The predicted octanol–water partition coefficient (Wildman–Crippen LogP) is 0.961. The lowest BCUT2D eigenvalue weighted by Gasteiger charge is -2.22. The first-order valence-corrected chi connectivity index (χ1v) is 5.74. The minimum Gasteiger partial charge on any atom is -0.383 e. The van der Waals surface area contributed by atoms with E-state index in [0.717, 1.165) is 12.8 Å². The number of halogens is 1. The van der Waals surface area contributed by atoms with Gasteiger partial charge in [-0.15, -0.1) is 11.6 Å². The summed E-state index contributed by atoms with van der Waals surface area (Å²) in [4.78, 5) is 24.6. The fraction of sp³-hybridized carbons (Fsp3) is 0.800.